The van der Waals surface area contributed by atoms with Gasteiger partial charge in [0.05, 0.1) is 19.2 Å². The van der Waals surface area contributed by atoms with Crippen molar-refractivity contribution in [2.45, 2.75) is 6.42 Å². The Labute approximate surface area is 144 Å². The summed E-state index contributed by atoms with van der Waals surface area (Å²) in [7, 11) is 1.62. The molecule has 1 aromatic heterocycles. The molecule has 3 rings (SSSR count). The molecule has 6 heteroatoms. The van der Waals surface area contributed by atoms with Crippen LogP contribution in [-0.2, 0) is 16.0 Å². The molecule has 0 bridgehead atoms. The number of aromatic nitrogens is 1. The van der Waals surface area contributed by atoms with E-state index < -0.39 is 5.97 Å². The van der Waals surface area contributed by atoms with E-state index in [0.717, 1.165) is 33.5 Å². The Morgan fingerprint density at radius 1 is 1.16 bits per heavy atom. The Bertz CT molecular complexity index is 892. The molecule has 0 unspecified atom stereocenters. The summed E-state index contributed by atoms with van der Waals surface area (Å²) in [5, 5.41) is 16.8. The Morgan fingerprint density at radius 3 is 2.56 bits per heavy atom. The zero-order chi connectivity index (χ0) is 18.2. The van der Waals surface area contributed by atoms with E-state index >= 15 is 0 Å². The van der Waals surface area contributed by atoms with Crippen molar-refractivity contribution < 1.29 is 24.5 Å². The van der Waals surface area contributed by atoms with E-state index in [9.17, 15) is 4.79 Å². The quantitative estimate of drug-likeness (QED) is 0.708. The number of ether oxygens (including phenoxy) is 1. The van der Waals surface area contributed by atoms with Gasteiger partial charge in [-0.2, -0.15) is 0 Å². The molecule has 2 N–H and O–H groups in total. The summed E-state index contributed by atoms with van der Waals surface area (Å²) < 4.78 is 5.35. The molecule has 0 aliphatic heterocycles. The van der Waals surface area contributed by atoms with Crippen LogP contribution in [0.1, 0.15) is 5.56 Å². The Kier molecular flexibility index (Phi) is 6.06. The monoisotopic (exact) mass is 339 g/mol. The van der Waals surface area contributed by atoms with E-state index in [-0.39, 0.29) is 12.9 Å². The second-order valence-corrected chi connectivity index (χ2v) is 5.10. The summed E-state index contributed by atoms with van der Waals surface area (Å²) in [6.07, 6.45) is 0.00470. The first-order valence-corrected chi connectivity index (χ1v) is 7.41. The number of rotatable bonds is 4. The molecule has 6 nitrogen and oxygen atoms in total. The molecule has 0 spiro atoms. The summed E-state index contributed by atoms with van der Waals surface area (Å²) in [5.41, 5.74) is 3.24. The van der Waals surface area contributed by atoms with Crippen LogP contribution < -0.4 is 4.74 Å². The minimum absolute atomic E-state index is 0.00470. The van der Waals surface area contributed by atoms with Gasteiger partial charge >= 0.3 is 5.97 Å². The number of carboxylic acids is 1. The lowest BCUT2D eigenvalue weighted by atomic mass is 10.0. The number of nitrogens with zero attached hydrogens (tertiary/aromatic N) is 1. The second-order valence-electron chi connectivity index (χ2n) is 5.10. The van der Waals surface area contributed by atoms with Gasteiger partial charge in [-0.1, -0.05) is 36.4 Å². The average molecular weight is 339 g/mol. The Morgan fingerprint density at radius 2 is 1.88 bits per heavy atom. The van der Waals surface area contributed by atoms with Gasteiger partial charge in [0.2, 0.25) is 0 Å². The topological polar surface area (TPSA) is 96.7 Å². The highest BCUT2D eigenvalue weighted by Crippen LogP contribution is 2.27. The molecule has 25 heavy (non-hydrogen) atoms. The highest BCUT2D eigenvalue weighted by molar-refractivity contribution is 5.86. The van der Waals surface area contributed by atoms with Crippen molar-refractivity contribution in [1.29, 1.82) is 0 Å². The molecule has 0 saturated carbocycles. The number of fused-ring (bicyclic) bond motifs is 1. The van der Waals surface area contributed by atoms with E-state index in [1.54, 1.807) is 13.2 Å². The van der Waals surface area contributed by atoms with E-state index in [4.69, 9.17) is 19.7 Å². The van der Waals surface area contributed by atoms with Crippen molar-refractivity contribution in [3.8, 4) is 17.0 Å². The largest absolute Gasteiger partial charge is 0.494 e. The normalized spacial score (nSPS) is 9.80. The smallest absolute Gasteiger partial charge is 0.307 e. The molecule has 0 radical (unpaired) electrons. The molecular weight excluding hydrogens is 322 g/mol. The first kappa shape index (κ1) is 17.9. The summed E-state index contributed by atoms with van der Waals surface area (Å²) in [6.45, 7) is -0.250. The summed E-state index contributed by atoms with van der Waals surface area (Å²) in [5.74, 6) is -0.119. The second kappa shape index (κ2) is 8.44. The average Bonchev–Trinajstić information content (AvgIpc) is 2.61. The third-order valence-electron chi connectivity index (χ3n) is 3.48. The molecule has 2 aromatic carbocycles. The van der Waals surface area contributed by atoms with Crippen molar-refractivity contribution in [1.82, 2.24) is 4.98 Å². The lowest BCUT2D eigenvalue weighted by molar-refractivity contribution is -0.136. The van der Waals surface area contributed by atoms with Gasteiger partial charge < -0.3 is 14.9 Å². The molecule has 1 heterocycles. The van der Waals surface area contributed by atoms with E-state index in [1.165, 1.54) is 0 Å². The lowest BCUT2D eigenvalue weighted by Crippen LogP contribution is -2.00. The van der Waals surface area contributed by atoms with Crippen LogP contribution in [0.15, 0.2) is 54.6 Å². The first-order chi connectivity index (χ1) is 12.1. The van der Waals surface area contributed by atoms with Crippen LogP contribution in [0.3, 0.4) is 0 Å². The molecular formula is C19H17NO5. The molecule has 128 valence electrons. The summed E-state index contributed by atoms with van der Waals surface area (Å²) in [6, 6.07) is 17.1. The van der Waals surface area contributed by atoms with Gasteiger partial charge in [-0.25, -0.2) is 4.98 Å². The van der Waals surface area contributed by atoms with Crippen molar-refractivity contribution >= 4 is 23.3 Å². The number of pyridine rings is 1. The number of carbonyl (C=O) groups is 2. The van der Waals surface area contributed by atoms with Gasteiger partial charge in [0.1, 0.15) is 11.3 Å². The standard InChI is InChI=1S/C18H15NO3.CH2O2/c1-22-16-7-3-5-13-8-9-15(19-18(13)16)14-6-2-4-12(10-14)11-17(20)21;2-1-3/h2-10H,11H2,1H3,(H,20,21);1H,(H,2,3). The van der Waals surface area contributed by atoms with Gasteiger partial charge in [-0.3, -0.25) is 9.59 Å². The highest BCUT2D eigenvalue weighted by atomic mass is 16.5. The summed E-state index contributed by atoms with van der Waals surface area (Å²) >= 11 is 0. The fourth-order valence-electron chi connectivity index (χ4n) is 2.46. The molecule has 0 fully saturated rings. The van der Waals surface area contributed by atoms with Crippen LogP contribution in [-0.4, -0.2) is 34.7 Å². The fraction of sp³-hybridized carbons (Fsp3) is 0.105. The third-order valence-corrected chi connectivity index (χ3v) is 3.48. The maximum Gasteiger partial charge on any atom is 0.307 e. The van der Waals surface area contributed by atoms with Crippen molar-refractivity contribution in [2.75, 3.05) is 7.11 Å². The zero-order valence-corrected chi connectivity index (χ0v) is 13.5. The van der Waals surface area contributed by atoms with Gasteiger partial charge in [0.25, 0.3) is 6.47 Å². The van der Waals surface area contributed by atoms with Crippen LogP contribution >= 0.6 is 0 Å². The maximum absolute atomic E-state index is 10.8. The first-order valence-electron chi connectivity index (χ1n) is 7.41. The predicted octanol–water partition coefficient (Wildman–Crippen LogP) is 3.24. The lowest BCUT2D eigenvalue weighted by Gasteiger charge is -2.08. The molecule has 0 atom stereocenters. The van der Waals surface area contributed by atoms with Gasteiger partial charge in [0, 0.05) is 10.9 Å². The van der Waals surface area contributed by atoms with Crippen LogP contribution in [0.5, 0.6) is 5.75 Å². The predicted molar refractivity (Wildman–Crippen MR) is 93.8 cm³/mol. The van der Waals surface area contributed by atoms with Gasteiger partial charge in [-0.15, -0.1) is 0 Å². The van der Waals surface area contributed by atoms with E-state index in [2.05, 4.69) is 4.98 Å². The number of aliphatic carboxylic acids is 1. The number of hydrogen-bond acceptors (Lipinski definition) is 4. The van der Waals surface area contributed by atoms with Gasteiger partial charge in [-0.05, 0) is 23.8 Å². The van der Waals surface area contributed by atoms with Crippen LogP contribution in [0, 0.1) is 0 Å². The maximum atomic E-state index is 10.8. The minimum Gasteiger partial charge on any atom is -0.494 e. The Balaban J connectivity index is 0.000000701. The van der Waals surface area contributed by atoms with E-state index in [0.29, 0.717) is 0 Å². The molecule has 0 amide bonds. The molecule has 0 aliphatic carbocycles. The highest BCUT2D eigenvalue weighted by Gasteiger charge is 2.07. The Hall–Kier alpha value is -3.41. The molecule has 3 aromatic rings. The van der Waals surface area contributed by atoms with Crippen LogP contribution in [0.25, 0.3) is 22.2 Å². The summed E-state index contributed by atoms with van der Waals surface area (Å²) in [4.78, 5) is 23.9. The number of para-hydroxylation sites is 1. The number of methoxy groups -OCH3 is 1. The number of hydrogen-bond donors (Lipinski definition) is 2. The van der Waals surface area contributed by atoms with Crippen LogP contribution in [0.2, 0.25) is 0 Å². The zero-order valence-electron chi connectivity index (χ0n) is 13.5. The van der Waals surface area contributed by atoms with E-state index in [1.807, 2.05) is 48.5 Å². The number of carboxylic acid groups (broad SMARTS) is 2. The van der Waals surface area contributed by atoms with Crippen LogP contribution in [0.4, 0.5) is 0 Å². The molecule has 0 saturated heterocycles. The fourth-order valence-corrected chi connectivity index (χ4v) is 2.46. The third kappa shape index (κ3) is 4.54. The van der Waals surface area contributed by atoms with Crippen molar-refractivity contribution in [3.05, 3.63) is 60.2 Å². The SMILES string of the molecule is COc1cccc2ccc(-c3cccc(CC(=O)O)c3)nc12.O=CO. The van der Waals surface area contributed by atoms with Crippen molar-refractivity contribution in [2.24, 2.45) is 0 Å². The van der Waals surface area contributed by atoms with Gasteiger partial charge in [0.15, 0.2) is 0 Å². The van der Waals surface area contributed by atoms with Crippen molar-refractivity contribution in [3.63, 3.8) is 0 Å². The number of benzene rings is 2. The minimum atomic E-state index is -0.842. The molecule has 0 aliphatic rings.